The minimum Gasteiger partial charge on any atom is -0.465 e. The quantitative estimate of drug-likeness (QED) is 0.570. The van der Waals surface area contributed by atoms with Crippen molar-refractivity contribution in [1.29, 1.82) is 4.78 Å². The molecule has 0 unspecified atom stereocenters. The highest BCUT2D eigenvalue weighted by Gasteiger charge is 2.48. The number of aliphatic imine (C=N–C) groups is 1. The van der Waals surface area contributed by atoms with Gasteiger partial charge >= 0.3 is 6.09 Å². The van der Waals surface area contributed by atoms with E-state index in [1.54, 1.807) is 19.1 Å². The molecule has 1 aromatic carbocycles. The third kappa shape index (κ3) is 3.21. The lowest BCUT2D eigenvalue weighted by atomic mass is 9.93. The van der Waals surface area contributed by atoms with E-state index in [-0.39, 0.29) is 17.2 Å². The monoisotopic (exact) mass is 453 g/mol. The first-order chi connectivity index (χ1) is 10.4. The maximum atomic E-state index is 14.3. The van der Waals surface area contributed by atoms with Crippen LogP contribution in [-0.4, -0.2) is 31.7 Å². The van der Waals surface area contributed by atoms with Gasteiger partial charge in [-0.1, -0.05) is 0 Å². The van der Waals surface area contributed by atoms with Gasteiger partial charge in [0.1, 0.15) is 21.9 Å². The van der Waals surface area contributed by atoms with Gasteiger partial charge in [0.25, 0.3) is 0 Å². The first-order valence-electron chi connectivity index (χ1n) is 6.71. The first kappa shape index (κ1) is 18.1. The summed E-state index contributed by atoms with van der Waals surface area (Å²) in [7, 11) is -3.27. The summed E-state index contributed by atoms with van der Waals surface area (Å²) in [5.41, 5.74) is -1.08. The van der Waals surface area contributed by atoms with Crippen molar-refractivity contribution >= 4 is 44.2 Å². The minimum absolute atomic E-state index is 0.0861. The SMILES string of the molecule is CC1(C)C(NC(=O)O)=N[C@](C)(c2cc(I)ccc2F)C[S@]1(=N)=O. The van der Waals surface area contributed by atoms with Crippen LogP contribution in [0.2, 0.25) is 0 Å². The maximum Gasteiger partial charge on any atom is 0.410 e. The molecular weight excluding hydrogens is 436 g/mol. The molecule has 9 heteroatoms. The van der Waals surface area contributed by atoms with Gasteiger partial charge < -0.3 is 5.11 Å². The molecule has 0 fully saturated rings. The van der Waals surface area contributed by atoms with Crippen LogP contribution in [0.3, 0.4) is 0 Å². The van der Waals surface area contributed by atoms with E-state index in [9.17, 15) is 13.4 Å². The summed E-state index contributed by atoms with van der Waals surface area (Å²) in [6.07, 6.45) is -1.36. The van der Waals surface area contributed by atoms with Crippen LogP contribution < -0.4 is 5.32 Å². The average Bonchev–Trinajstić information content (AvgIpc) is 2.38. The van der Waals surface area contributed by atoms with Crippen LogP contribution in [0.4, 0.5) is 9.18 Å². The summed E-state index contributed by atoms with van der Waals surface area (Å²) < 4.78 is 34.9. The molecule has 6 nitrogen and oxygen atoms in total. The normalized spacial score (nSPS) is 29.7. The first-order valence-corrected chi connectivity index (χ1v) is 9.51. The summed E-state index contributed by atoms with van der Waals surface area (Å²) in [6.45, 7) is 4.57. The van der Waals surface area contributed by atoms with Gasteiger partial charge in [0.05, 0.1) is 15.5 Å². The average molecular weight is 453 g/mol. The van der Waals surface area contributed by atoms with Crippen LogP contribution >= 0.6 is 22.6 Å². The van der Waals surface area contributed by atoms with Crippen molar-refractivity contribution in [3.63, 3.8) is 0 Å². The van der Waals surface area contributed by atoms with Gasteiger partial charge in [0.2, 0.25) is 0 Å². The third-order valence-corrected chi connectivity index (χ3v) is 7.45. The molecular formula is C14H17FIN3O3S. The second kappa shape index (κ2) is 5.69. The molecule has 126 valence electrons. The Balaban J connectivity index is 2.71. The van der Waals surface area contributed by atoms with Crippen LogP contribution in [0, 0.1) is 14.2 Å². The van der Waals surface area contributed by atoms with Crippen LogP contribution in [-0.2, 0) is 15.3 Å². The van der Waals surface area contributed by atoms with Gasteiger partial charge in [-0.15, -0.1) is 0 Å². The Hall–Kier alpha value is -1.23. The Labute approximate surface area is 147 Å². The van der Waals surface area contributed by atoms with Crippen LogP contribution in [0.1, 0.15) is 26.3 Å². The van der Waals surface area contributed by atoms with Crippen molar-refractivity contribution in [1.82, 2.24) is 5.32 Å². The lowest BCUT2D eigenvalue weighted by Gasteiger charge is -2.40. The highest BCUT2D eigenvalue weighted by molar-refractivity contribution is 14.1. The predicted molar refractivity (Wildman–Crippen MR) is 94.9 cm³/mol. The summed E-state index contributed by atoms with van der Waals surface area (Å²) in [5, 5.41) is 11.1. The molecule has 0 saturated carbocycles. The molecule has 0 saturated heterocycles. The Morgan fingerprint density at radius 2 is 2.09 bits per heavy atom. The molecule has 0 aromatic heterocycles. The number of hydrogen-bond acceptors (Lipinski definition) is 4. The minimum atomic E-state index is -3.27. The van der Waals surface area contributed by atoms with Gasteiger partial charge in [-0.25, -0.2) is 13.4 Å². The van der Waals surface area contributed by atoms with Crippen LogP contribution in [0.25, 0.3) is 0 Å². The lowest BCUT2D eigenvalue weighted by molar-refractivity contribution is 0.199. The molecule has 2 atom stereocenters. The Morgan fingerprint density at radius 3 is 2.65 bits per heavy atom. The van der Waals surface area contributed by atoms with Crippen molar-refractivity contribution in [2.75, 3.05) is 5.75 Å². The van der Waals surface area contributed by atoms with Gasteiger partial charge in [-0.05, 0) is 61.6 Å². The van der Waals surface area contributed by atoms with Crippen molar-refractivity contribution in [3.05, 3.63) is 33.1 Å². The lowest BCUT2D eigenvalue weighted by Crippen LogP contribution is -2.57. The number of rotatable bonds is 1. The topological polar surface area (TPSA) is 103 Å². The Morgan fingerprint density at radius 1 is 1.48 bits per heavy atom. The fraction of sp³-hybridized carbons (Fsp3) is 0.429. The number of amidine groups is 1. The van der Waals surface area contributed by atoms with E-state index < -0.39 is 31.9 Å². The predicted octanol–water partition coefficient (Wildman–Crippen LogP) is 3.15. The molecule has 1 aromatic rings. The number of halogens is 2. The Bertz CT molecular complexity index is 807. The summed E-state index contributed by atoms with van der Waals surface area (Å²) >= 11 is 2.02. The van der Waals surface area contributed by atoms with E-state index in [0.717, 1.165) is 3.57 Å². The zero-order chi connectivity index (χ0) is 17.6. The standard InChI is InChI=1S/C14H17FIN3O3S/c1-13(2)11(18-12(20)21)19-14(3,7-23(13,17)22)9-6-8(16)4-5-10(9)15/h4-6,17H,7H2,1-3H3,(H,18,19)(H,20,21)/t14-,23-/m0/s1. The number of hydrogen-bond donors (Lipinski definition) is 3. The molecule has 0 radical (unpaired) electrons. The molecule has 0 spiro atoms. The van der Waals surface area contributed by atoms with E-state index in [2.05, 4.69) is 10.3 Å². The third-order valence-electron chi connectivity index (χ3n) is 3.97. The zero-order valence-electron chi connectivity index (χ0n) is 12.8. The second-order valence-corrected chi connectivity index (χ2v) is 10.0. The molecule has 1 aliphatic rings. The number of amides is 1. The zero-order valence-corrected chi connectivity index (χ0v) is 15.8. The highest BCUT2D eigenvalue weighted by atomic mass is 127. The van der Waals surface area contributed by atoms with Gasteiger partial charge in [-0.2, -0.15) is 0 Å². The number of nitrogens with zero attached hydrogens (tertiary/aromatic N) is 1. The molecule has 1 amide bonds. The van der Waals surface area contributed by atoms with Crippen molar-refractivity contribution in [3.8, 4) is 0 Å². The van der Waals surface area contributed by atoms with E-state index in [1.807, 2.05) is 22.6 Å². The van der Waals surface area contributed by atoms with Crippen molar-refractivity contribution in [2.45, 2.75) is 31.1 Å². The number of benzene rings is 1. The number of carboxylic acid groups (broad SMARTS) is 1. The molecule has 0 aliphatic carbocycles. The van der Waals surface area contributed by atoms with Gasteiger partial charge in [0, 0.05) is 9.13 Å². The number of carbonyl (C=O) groups is 1. The molecule has 2 rings (SSSR count). The second-order valence-electron chi connectivity index (χ2n) is 6.12. The van der Waals surface area contributed by atoms with E-state index >= 15 is 0 Å². The molecule has 23 heavy (non-hydrogen) atoms. The molecule has 1 aliphatic heterocycles. The fourth-order valence-corrected chi connectivity index (χ4v) is 4.75. The molecule has 1 heterocycles. The largest absolute Gasteiger partial charge is 0.465 e. The van der Waals surface area contributed by atoms with Crippen LogP contribution in [0.15, 0.2) is 23.2 Å². The maximum absolute atomic E-state index is 14.3. The van der Waals surface area contributed by atoms with E-state index in [1.165, 1.54) is 19.9 Å². The van der Waals surface area contributed by atoms with Crippen molar-refractivity contribution in [2.24, 2.45) is 4.99 Å². The fourth-order valence-electron chi connectivity index (χ4n) is 2.47. The van der Waals surface area contributed by atoms with Gasteiger partial charge in [0.15, 0.2) is 0 Å². The summed E-state index contributed by atoms with van der Waals surface area (Å²) in [6, 6.07) is 4.45. The Kier molecular flexibility index (Phi) is 4.48. The van der Waals surface area contributed by atoms with E-state index in [0.29, 0.717) is 0 Å². The van der Waals surface area contributed by atoms with Crippen molar-refractivity contribution < 1.29 is 18.5 Å². The summed E-state index contributed by atoms with van der Waals surface area (Å²) in [4.78, 5) is 15.4. The molecule has 3 N–H and O–H groups in total. The van der Waals surface area contributed by atoms with E-state index in [4.69, 9.17) is 9.89 Å². The number of nitrogens with one attached hydrogen (secondary N) is 2. The smallest absolute Gasteiger partial charge is 0.410 e. The molecule has 0 bridgehead atoms. The highest BCUT2D eigenvalue weighted by Crippen LogP contribution is 2.38. The van der Waals surface area contributed by atoms with Gasteiger partial charge in [-0.3, -0.25) is 15.1 Å². The van der Waals surface area contributed by atoms with Crippen LogP contribution in [0.5, 0.6) is 0 Å². The summed E-state index contributed by atoms with van der Waals surface area (Å²) in [5.74, 6) is -0.798.